The van der Waals surface area contributed by atoms with E-state index < -0.39 is 22.0 Å². The third kappa shape index (κ3) is 3.54. The number of amides is 1. The molecule has 6 nitrogen and oxygen atoms in total. The molecule has 7 heteroatoms. The first kappa shape index (κ1) is 21.2. The fourth-order valence-corrected chi connectivity index (χ4v) is 5.85. The number of ether oxygens (including phenoxy) is 1. The molecule has 3 aromatic carbocycles. The molecule has 1 unspecified atom stereocenters. The van der Waals surface area contributed by atoms with Gasteiger partial charge in [-0.1, -0.05) is 54.1 Å². The minimum atomic E-state index is -4.07. The average Bonchev–Trinajstić information content (AvgIpc) is 3.11. The summed E-state index contributed by atoms with van der Waals surface area (Å²) in [5.74, 6) is 0.121. The summed E-state index contributed by atoms with van der Waals surface area (Å²) in [7, 11) is -2.48. The first-order chi connectivity index (χ1) is 15.9. The van der Waals surface area contributed by atoms with Gasteiger partial charge in [0.25, 0.3) is 15.9 Å². The monoisotopic (exact) mass is 458 g/mol. The molecule has 1 aromatic heterocycles. The third-order valence-corrected chi connectivity index (χ3v) is 7.78. The molecular weight excluding hydrogens is 436 g/mol. The van der Waals surface area contributed by atoms with Gasteiger partial charge in [-0.25, -0.2) is 17.7 Å². The summed E-state index contributed by atoms with van der Waals surface area (Å²) < 4.78 is 33.7. The highest BCUT2D eigenvalue weighted by Gasteiger charge is 2.44. The lowest BCUT2D eigenvalue weighted by Crippen LogP contribution is -2.35. The summed E-state index contributed by atoms with van der Waals surface area (Å²) in [6.07, 6.45) is 0.252. The fourth-order valence-electron chi connectivity index (χ4n) is 4.30. The Bertz CT molecular complexity index is 1480. The van der Waals surface area contributed by atoms with Crippen molar-refractivity contribution in [1.82, 2.24) is 9.29 Å². The van der Waals surface area contributed by atoms with Crippen molar-refractivity contribution in [2.75, 3.05) is 7.11 Å². The molecule has 0 bridgehead atoms. The number of hydrogen-bond donors (Lipinski definition) is 0. The summed E-state index contributed by atoms with van der Waals surface area (Å²) in [4.78, 5) is 18.1. The van der Waals surface area contributed by atoms with Crippen LogP contribution >= 0.6 is 0 Å². The molecule has 166 valence electrons. The van der Waals surface area contributed by atoms with Crippen LogP contribution in [0.4, 0.5) is 0 Å². The van der Waals surface area contributed by atoms with Crippen LogP contribution in [0, 0.1) is 6.92 Å². The Morgan fingerprint density at radius 3 is 2.45 bits per heavy atom. The lowest BCUT2D eigenvalue weighted by Gasteiger charge is -2.25. The van der Waals surface area contributed by atoms with Gasteiger partial charge in [-0.15, -0.1) is 0 Å². The van der Waals surface area contributed by atoms with Crippen molar-refractivity contribution in [1.29, 1.82) is 0 Å². The number of fused-ring (bicyclic) bond motifs is 2. The van der Waals surface area contributed by atoms with E-state index in [1.165, 1.54) is 12.1 Å². The largest absolute Gasteiger partial charge is 0.494 e. The van der Waals surface area contributed by atoms with Crippen LogP contribution in [0.1, 0.15) is 33.2 Å². The number of aromatic nitrogens is 1. The van der Waals surface area contributed by atoms with Gasteiger partial charge in [0.15, 0.2) is 0 Å². The molecule has 1 atom stereocenters. The van der Waals surface area contributed by atoms with Crippen LogP contribution < -0.4 is 4.74 Å². The van der Waals surface area contributed by atoms with Crippen LogP contribution in [0.5, 0.6) is 5.75 Å². The van der Waals surface area contributed by atoms with Crippen molar-refractivity contribution >= 4 is 26.8 Å². The molecule has 0 saturated carbocycles. The Kier molecular flexibility index (Phi) is 5.13. The molecular formula is C26H22N2O4S. The number of hydrogen-bond acceptors (Lipinski definition) is 5. The second-order valence-electron chi connectivity index (χ2n) is 8.06. The number of methoxy groups -OCH3 is 1. The van der Waals surface area contributed by atoms with E-state index in [4.69, 9.17) is 9.72 Å². The number of nitrogens with zero attached hydrogens (tertiary/aromatic N) is 2. The summed E-state index contributed by atoms with van der Waals surface area (Å²) in [6.45, 7) is 1.88. The van der Waals surface area contributed by atoms with Gasteiger partial charge in [-0.05, 0) is 42.8 Å². The second-order valence-corrected chi connectivity index (χ2v) is 9.88. The van der Waals surface area contributed by atoms with E-state index in [1.54, 1.807) is 31.4 Å². The van der Waals surface area contributed by atoms with Gasteiger partial charge in [-0.2, -0.15) is 0 Å². The molecule has 0 N–H and O–H groups in total. The van der Waals surface area contributed by atoms with E-state index in [1.807, 2.05) is 49.4 Å². The normalized spacial score (nSPS) is 15.6. The Morgan fingerprint density at radius 1 is 0.939 bits per heavy atom. The summed E-state index contributed by atoms with van der Waals surface area (Å²) in [5.41, 5.74) is 3.39. The number of pyridine rings is 1. The van der Waals surface area contributed by atoms with Gasteiger partial charge in [0.2, 0.25) is 0 Å². The van der Waals surface area contributed by atoms with E-state index >= 15 is 0 Å². The predicted octanol–water partition coefficient (Wildman–Crippen LogP) is 4.68. The number of rotatable bonds is 5. The predicted molar refractivity (Wildman–Crippen MR) is 126 cm³/mol. The van der Waals surface area contributed by atoms with Gasteiger partial charge >= 0.3 is 0 Å². The van der Waals surface area contributed by atoms with E-state index in [0.29, 0.717) is 28.1 Å². The van der Waals surface area contributed by atoms with Crippen LogP contribution in [0.25, 0.3) is 10.9 Å². The topological polar surface area (TPSA) is 76.6 Å². The number of sulfonamides is 1. The van der Waals surface area contributed by atoms with Crippen molar-refractivity contribution < 1.29 is 17.9 Å². The van der Waals surface area contributed by atoms with E-state index in [9.17, 15) is 13.2 Å². The van der Waals surface area contributed by atoms with Crippen molar-refractivity contribution in [3.8, 4) is 5.75 Å². The molecule has 0 saturated heterocycles. The molecule has 1 aliphatic rings. The summed E-state index contributed by atoms with van der Waals surface area (Å²) >= 11 is 0. The molecule has 1 aliphatic heterocycles. The number of aryl methyl sites for hydroxylation is 1. The standard InChI is InChI=1S/C26H22N2O4S/c1-17-10-14-20(15-11-17)33(30,31)28-23(21-7-3-4-8-22(21)26(28)29)16-19-13-12-18-6-5-9-24(32-2)25(18)27-19/h3-15,23H,16H2,1-2H3. The Labute approximate surface area is 192 Å². The SMILES string of the molecule is COc1cccc2ccc(CC3c4ccccc4C(=O)N3S(=O)(=O)c3ccc(C)cc3)nc12. The zero-order valence-electron chi connectivity index (χ0n) is 18.2. The smallest absolute Gasteiger partial charge is 0.268 e. The van der Waals surface area contributed by atoms with Gasteiger partial charge in [0, 0.05) is 23.1 Å². The van der Waals surface area contributed by atoms with Crippen molar-refractivity contribution in [2.24, 2.45) is 0 Å². The van der Waals surface area contributed by atoms with Crippen LogP contribution in [0.15, 0.2) is 83.8 Å². The molecule has 1 amide bonds. The third-order valence-electron chi connectivity index (χ3n) is 5.97. The molecule has 0 fully saturated rings. The maximum absolute atomic E-state index is 13.6. The van der Waals surface area contributed by atoms with Gasteiger partial charge in [-0.3, -0.25) is 4.79 Å². The van der Waals surface area contributed by atoms with Gasteiger partial charge in [0.05, 0.1) is 18.0 Å². The molecule has 4 aromatic rings. The van der Waals surface area contributed by atoms with Crippen molar-refractivity contribution in [3.63, 3.8) is 0 Å². The number of carbonyl (C=O) groups is 1. The molecule has 5 rings (SSSR count). The lowest BCUT2D eigenvalue weighted by atomic mass is 10.0. The number of carbonyl (C=O) groups excluding carboxylic acids is 1. The highest BCUT2D eigenvalue weighted by molar-refractivity contribution is 7.89. The van der Waals surface area contributed by atoms with Crippen molar-refractivity contribution in [3.05, 3.63) is 101 Å². The van der Waals surface area contributed by atoms with Gasteiger partial charge in [0.1, 0.15) is 11.3 Å². The van der Waals surface area contributed by atoms with E-state index in [-0.39, 0.29) is 11.3 Å². The lowest BCUT2D eigenvalue weighted by molar-refractivity contribution is 0.0853. The zero-order valence-corrected chi connectivity index (χ0v) is 19.0. The molecule has 0 radical (unpaired) electrons. The Balaban J connectivity index is 1.61. The maximum Gasteiger partial charge on any atom is 0.268 e. The van der Waals surface area contributed by atoms with Gasteiger partial charge < -0.3 is 4.74 Å². The minimum Gasteiger partial charge on any atom is -0.494 e. The van der Waals surface area contributed by atoms with Crippen LogP contribution in [-0.4, -0.2) is 30.7 Å². The highest BCUT2D eigenvalue weighted by Crippen LogP contribution is 2.40. The first-order valence-electron chi connectivity index (χ1n) is 10.6. The molecule has 0 spiro atoms. The average molecular weight is 459 g/mol. The molecule has 2 heterocycles. The first-order valence-corrected chi connectivity index (χ1v) is 12.0. The molecule has 33 heavy (non-hydrogen) atoms. The summed E-state index contributed by atoms with van der Waals surface area (Å²) in [5, 5.41) is 0.921. The quantitative estimate of drug-likeness (QED) is 0.434. The van der Waals surface area contributed by atoms with E-state index in [2.05, 4.69) is 0 Å². The molecule has 0 aliphatic carbocycles. The highest BCUT2D eigenvalue weighted by atomic mass is 32.2. The minimum absolute atomic E-state index is 0.0902. The number of benzene rings is 3. The van der Waals surface area contributed by atoms with Crippen LogP contribution in [0.2, 0.25) is 0 Å². The Hall–Kier alpha value is -3.71. The zero-order chi connectivity index (χ0) is 23.2. The maximum atomic E-state index is 13.6. The second kappa shape index (κ2) is 8.01. The van der Waals surface area contributed by atoms with Crippen LogP contribution in [0.3, 0.4) is 0 Å². The van der Waals surface area contributed by atoms with Crippen LogP contribution in [-0.2, 0) is 16.4 Å². The fraction of sp³-hybridized carbons (Fsp3) is 0.154. The number of para-hydroxylation sites is 1. The van der Waals surface area contributed by atoms with Crippen molar-refractivity contribution in [2.45, 2.75) is 24.3 Å². The summed E-state index contributed by atoms with van der Waals surface area (Å²) in [6, 6.07) is 22.4. The Morgan fingerprint density at radius 2 is 1.70 bits per heavy atom. The van der Waals surface area contributed by atoms with E-state index in [0.717, 1.165) is 15.3 Å².